The molecule has 2 fully saturated rings. The largest absolute Gasteiger partial charge is 0.350 e. The minimum absolute atomic E-state index is 0.0399. The zero-order valence-electron chi connectivity index (χ0n) is 12.8. The van der Waals surface area contributed by atoms with E-state index >= 15 is 0 Å². The van der Waals surface area contributed by atoms with Crippen LogP contribution in [0.25, 0.3) is 0 Å². The van der Waals surface area contributed by atoms with Crippen LogP contribution in [0.2, 0.25) is 0 Å². The van der Waals surface area contributed by atoms with Crippen molar-refractivity contribution < 1.29 is 4.79 Å². The van der Waals surface area contributed by atoms with Crippen LogP contribution in [-0.4, -0.2) is 11.4 Å². The zero-order chi connectivity index (χ0) is 14.4. The first-order valence-electron chi connectivity index (χ1n) is 7.78. The minimum atomic E-state index is -0.0399. The van der Waals surface area contributed by atoms with E-state index in [0.717, 1.165) is 11.5 Å². The van der Waals surface area contributed by atoms with E-state index in [9.17, 15) is 4.79 Å². The van der Waals surface area contributed by atoms with Crippen LogP contribution in [0.4, 0.5) is 0 Å². The van der Waals surface area contributed by atoms with Crippen molar-refractivity contribution in [3.8, 4) is 0 Å². The number of rotatable bonds is 3. The van der Waals surface area contributed by atoms with Crippen molar-refractivity contribution in [3.63, 3.8) is 0 Å². The van der Waals surface area contributed by atoms with Gasteiger partial charge in [-0.05, 0) is 49.0 Å². The van der Waals surface area contributed by atoms with Crippen molar-refractivity contribution in [1.82, 2.24) is 5.32 Å². The molecule has 2 bridgehead atoms. The first-order valence-corrected chi connectivity index (χ1v) is 7.78. The Labute approximate surface area is 122 Å². The number of hydrogen-bond donors (Lipinski definition) is 1. The lowest BCUT2D eigenvalue weighted by Gasteiger charge is -2.48. The number of benzene rings is 1. The highest BCUT2D eigenvalue weighted by atomic mass is 16.1. The third-order valence-electron chi connectivity index (χ3n) is 6.21. The summed E-state index contributed by atoms with van der Waals surface area (Å²) in [5, 5.41) is 3.39. The molecule has 2 nitrogen and oxygen atoms in total. The molecule has 1 aromatic rings. The first kappa shape index (κ1) is 13.7. The van der Waals surface area contributed by atoms with Crippen molar-refractivity contribution in [2.24, 2.45) is 17.3 Å². The fourth-order valence-corrected chi connectivity index (χ4v) is 4.49. The van der Waals surface area contributed by atoms with Crippen LogP contribution >= 0.6 is 0 Å². The van der Waals surface area contributed by atoms with E-state index in [1.54, 1.807) is 0 Å². The average Bonchev–Trinajstić information content (AvgIpc) is 2.94. The zero-order valence-corrected chi connectivity index (χ0v) is 12.8. The van der Waals surface area contributed by atoms with Crippen molar-refractivity contribution in [2.45, 2.75) is 52.0 Å². The molecule has 1 amide bonds. The molecule has 0 aliphatic heterocycles. The van der Waals surface area contributed by atoms with Gasteiger partial charge in [-0.25, -0.2) is 0 Å². The molecular weight excluding hydrogens is 246 g/mol. The summed E-state index contributed by atoms with van der Waals surface area (Å²) in [5.74, 6) is 1.59. The van der Waals surface area contributed by atoms with Crippen LogP contribution in [0.3, 0.4) is 0 Å². The van der Waals surface area contributed by atoms with Gasteiger partial charge in [-0.3, -0.25) is 4.79 Å². The number of carbonyl (C=O) groups is 1. The minimum Gasteiger partial charge on any atom is -0.350 e. The second kappa shape index (κ2) is 4.61. The van der Waals surface area contributed by atoms with E-state index < -0.39 is 0 Å². The number of hydrogen-bond acceptors (Lipinski definition) is 1. The third-order valence-corrected chi connectivity index (χ3v) is 6.21. The molecule has 2 aliphatic rings. The lowest BCUT2D eigenvalue weighted by atomic mass is 9.64. The number of fused-ring (bicyclic) bond motifs is 2. The van der Waals surface area contributed by atoms with Crippen LogP contribution in [0.5, 0.6) is 0 Å². The van der Waals surface area contributed by atoms with Gasteiger partial charge < -0.3 is 5.32 Å². The van der Waals surface area contributed by atoms with Crippen LogP contribution in [-0.2, 0) is 11.2 Å². The normalized spacial score (nSPS) is 34.1. The van der Waals surface area contributed by atoms with Gasteiger partial charge in [0.05, 0.1) is 6.42 Å². The Kier molecular flexibility index (Phi) is 3.15. The van der Waals surface area contributed by atoms with E-state index in [1.165, 1.54) is 19.3 Å². The van der Waals surface area contributed by atoms with Gasteiger partial charge >= 0.3 is 0 Å². The molecule has 1 N–H and O–H groups in total. The van der Waals surface area contributed by atoms with Gasteiger partial charge in [0, 0.05) is 5.54 Å². The molecule has 0 radical (unpaired) electrons. The Morgan fingerprint density at radius 2 is 1.80 bits per heavy atom. The molecule has 3 atom stereocenters. The molecule has 3 rings (SSSR count). The summed E-state index contributed by atoms with van der Waals surface area (Å²) >= 11 is 0. The lowest BCUT2D eigenvalue weighted by molar-refractivity contribution is -0.124. The summed E-state index contributed by atoms with van der Waals surface area (Å²) in [5.41, 5.74) is 1.26. The van der Waals surface area contributed by atoms with Gasteiger partial charge in [-0.15, -0.1) is 0 Å². The Morgan fingerprint density at radius 3 is 2.40 bits per heavy atom. The highest BCUT2D eigenvalue weighted by Crippen LogP contribution is 2.61. The maximum atomic E-state index is 12.4. The summed E-state index contributed by atoms with van der Waals surface area (Å²) < 4.78 is 0. The Hall–Kier alpha value is -1.31. The molecule has 0 saturated heterocycles. The maximum Gasteiger partial charge on any atom is 0.224 e. The van der Waals surface area contributed by atoms with Gasteiger partial charge in [-0.2, -0.15) is 0 Å². The topological polar surface area (TPSA) is 29.1 Å². The van der Waals surface area contributed by atoms with Gasteiger partial charge in [0.1, 0.15) is 0 Å². The highest BCUT2D eigenvalue weighted by Gasteiger charge is 2.60. The van der Waals surface area contributed by atoms with Crippen molar-refractivity contribution in [3.05, 3.63) is 35.9 Å². The second-order valence-electron chi connectivity index (χ2n) is 7.34. The van der Waals surface area contributed by atoms with Gasteiger partial charge in [-0.1, -0.05) is 44.2 Å². The smallest absolute Gasteiger partial charge is 0.224 e. The summed E-state index contributed by atoms with van der Waals surface area (Å²) in [7, 11) is 0. The fourth-order valence-electron chi connectivity index (χ4n) is 4.49. The molecule has 2 saturated carbocycles. The standard InChI is InChI=1S/C18H25NO/c1-17(2)14-9-10-15(12-14)18(17,3)19-16(20)11-13-7-5-4-6-8-13/h4-8,14-15H,9-12H2,1-3H3,(H,19,20). The van der Waals surface area contributed by atoms with Crippen molar-refractivity contribution in [2.75, 3.05) is 0 Å². The summed E-state index contributed by atoms with van der Waals surface area (Å²) in [6, 6.07) is 10.0. The van der Waals surface area contributed by atoms with Crippen LogP contribution < -0.4 is 5.32 Å². The van der Waals surface area contributed by atoms with E-state index in [2.05, 4.69) is 26.1 Å². The highest BCUT2D eigenvalue weighted by molar-refractivity contribution is 5.79. The van der Waals surface area contributed by atoms with Crippen LogP contribution in [0.15, 0.2) is 30.3 Å². The maximum absolute atomic E-state index is 12.4. The number of nitrogens with one attached hydrogen (secondary N) is 1. The molecule has 0 spiro atoms. The summed E-state index contributed by atoms with van der Waals surface area (Å²) in [6.07, 6.45) is 4.39. The number of carbonyl (C=O) groups excluding carboxylic acids is 1. The number of amides is 1. The lowest BCUT2D eigenvalue weighted by Crippen LogP contribution is -2.59. The molecule has 0 heterocycles. The molecule has 20 heavy (non-hydrogen) atoms. The first-order chi connectivity index (χ1) is 9.43. The van der Waals surface area contributed by atoms with E-state index in [0.29, 0.717) is 12.3 Å². The van der Waals surface area contributed by atoms with Gasteiger partial charge in [0.25, 0.3) is 0 Å². The molecule has 108 valence electrons. The fraction of sp³-hybridized carbons (Fsp3) is 0.611. The third kappa shape index (κ3) is 1.97. The second-order valence-corrected chi connectivity index (χ2v) is 7.34. The summed E-state index contributed by atoms with van der Waals surface area (Å²) in [4.78, 5) is 12.4. The molecule has 2 heteroatoms. The van der Waals surface area contributed by atoms with Crippen LogP contribution in [0.1, 0.15) is 45.6 Å². The van der Waals surface area contributed by atoms with Crippen LogP contribution in [0, 0.1) is 17.3 Å². The monoisotopic (exact) mass is 271 g/mol. The van der Waals surface area contributed by atoms with Crippen molar-refractivity contribution in [1.29, 1.82) is 0 Å². The molecule has 3 unspecified atom stereocenters. The average molecular weight is 271 g/mol. The van der Waals surface area contributed by atoms with Gasteiger partial charge in [0.2, 0.25) is 5.91 Å². The quantitative estimate of drug-likeness (QED) is 0.895. The molecule has 0 aromatic heterocycles. The Bertz CT molecular complexity index is 507. The van der Waals surface area contributed by atoms with E-state index in [-0.39, 0.29) is 16.9 Å². The molecule has 1 aromatic carbocycles. The predicted molar refractivity (Wildman–Crippen MR) is 81.3 cm³/mol. The van der Waals surface area contributed by atoms with E-state index in [1.807, 2.05) is 30.3 Å². The summed E-state index contributed by atoms with van der Waals surface area (Å²) in [6.45, 7) is 6.93. The predicted octanol–water partition coefficient (Wildman–Crippen LogP) is 3.56. The molecule has 2 aliphatic carbocycles. The van der Waals surface area contributed by atoms with Crippen molar-refractivity contribution >= 4 is 5.91 Å². The van der Waals surface area contributed by atoms with E-state index in [4.69, 9.17) is 0 Å². The SMILES string of the molecule is CC1(C)C2CCC(C2)C1(C)NC(=O)Cc1ccccc1. The Morgan fingerprint density at radius 1 is 1.15 bits per heavy atom. The Balaban J connectivity index is 1.72. The molecular formula is C18H25NO. The van der Waals surface area contributed by atoms with Gasteiger partial charge in [0.15, 0.2) is 0 Å².